The second-order valence-corrected chi connectivity index (χ2v) is 8.50. The van der Waals surface area contributed by atoms with Crippen LogP contribution in [0.5, 0.6) is 11.5 Å². The molecule has 1 spiro atoms. The number of piperidine rings is 1. The van der Waals surface area contributed by atoms with E-state index in [4.69, 9.17) is 10.5 Å². The number of benzene rings is 2. The summed E-state index contributed by atoms with van der Waals surface area (Å²) in [6.45, 7) is 6.06. The summed E-state index contributed by atoms with van der Waals surface area (Å²) < 4.78 is 21.6. The van der Waals surface area contributed by atoms with Crippen molar-refractivity contribution in [3.8, 4) is 17.6 Å². The Morgan fingerprint density at radius 2 is 1.97 bits per heavy atom. The van der Waals surface area contributed by atoms with Gasteiger partial charge in [-0.05, 0) is 74.5 Å². The van der Waals surface area contributed by atoms with Crippen molar-refractivity contribution in [3.05, 3.63) is 58.4 Å². The molecule has 2 aromatic carbocycles. The first-order valence-corrected chi connectivity index (χ1v) is 11.4. The number of nitrogens with zero attached hydrogens (tertiary/aromatic N) is 3. The summed E-state index contributed by atoms with van der Waals surface area (Å²) in [6.07, 6.45) is 5.87. The molecule has 0 radical (unpaired) electrons. The Labute approximate surface area is 192 Å². The van der Waals surface area contributed by atoms with Gasteiger partial charge in [0.1, 0.15) is 17.4 Å². The Bertz CT molecular complexity index is 1270. The van der Waals surface area contributed by atoms with E-state index in [1.165, 1.54) is 6.07 Å². The van der Waals surface area contributed by atoms with Crippen LogP contribution in [0, 0.1) is 22.6 Å². The lowest BCUT2D eigenvalue weighted by Crippen LogP contribution is -2.47. The molecule has 1 aromatic heterocycles. The molecule has 1 saturated carbocycles. The standard InChI is InChI=1S/C23H22FN5O2.C2H6/c24-18-2-3-19(26)17(12-25)21(18)31-15-1-4-20-16(9-15)22(30)29(13-28-20)14-10-23(11-14)5-7-27-8-6-23;1-2/h1-4,9,13-14,27H,5-8,10-11,26H2;1-2H3. The van der Waals surface area contributed by atoms with Crippen molar-refractivity contribution in [1.29, 1.82) is 5.26 Å². The first-order valence-electron chi connectivity index (χ1n) is 11.4. The number of hydrogen-bond acceptors (Lipinski definition) is 6. The minimum atomic E-state index is -0.698. The molecule has 2 fully saturated rings. The van der Waals surface area contributed by atoms with Gasteiger partial charge in [-0.2, -0.15) is 5.26 Å². The normalized spacial score (nSPS) is 17.0. The number of ether oxygens (including phenoxy) is 1. The van der Waals surface area contributed by atoms with Crippen LogP contribution in [0.3, 0.4) is 0 Å². The third kappa shape index (κ3) is 4.16. The van der Waals surface area contributed by atoms with E-state index >= 15 is 0 Å². The van der Waals surface area contributed by atoms with Crippen LogP contribution in [0.2, 0.25) is 0 Å². The molecular weight excluding hydrogens is 421 g/mol. The topological polar surface area (TPSA) is 106 Å². The summed E-state index contributed by atoms with van der Waals surface area (Å²) in [5.74, 6) is -0.706. The summed E-state index contributed by atoms with van der Waals surface area (Å²) >= 11 is 0. The van der Waals surface area contributed by atoms with E-state index in [9.17, 15) is 14.4 Å². The second kappa shape index (κ2) is 9.20. The highest BCUT2D eigenvalue weighted by Gasteiger charge is 2.45. The number of nitrogens with one attached hydrogen (secondary N) is 1. The molecule has 0 bridgehead atoms. The van der Waals surface area contributed by atoms with E-state index in [-0.39, 0.29) is 34.4 Å². The molecule has 7 nitrogen and oxygen atoms in total. The number of nitrogens with two attached hydrogens (primary N) is 1. The minimum Gasteiger partial charge on any atom is -0.453 e. The van der Waals surface area contributed by atoms with Gasteiger partial charge in [-0.25, -0.2) is 9.37 Å². The van der Waals surface area contributed by atoms with Gasteiger partial charge in [0.15, 0.2) is 11.6 Å². The van der Waals surface area contributed by atoms with Gasteiger partial charge in [0.2, 0.25) is 0 Å². The third-order valence-electron chi connectivity index (χ3n) is 6.62. The van der Waals surface area contributed by atoms with Crippen LogP contribution in [-0.2, 0) is 0 Å². The molecule has 172 valence electrons. The van der Waals surface area contributed by atoms with E-state index in [0.717, 1.165) is 44.8 Å². The lowest BCUT2D eigenvalue weighted by atomic mass is 9.60. The molecule has 3 aromatic rings. The predicted octanol–water partition coefficient (Wildman–Crippen LogP) is 4.51. The summed E-state index contributed by atoms with van der Waals surface area (Å²) in [5.41, 5.74) is 6.55. The molecule has 0 unspecified atom stereocenters. The molecule has 1 saturated heterocycles. The minimum absolute atomic E-state index is 0.0783. The van der Waals surface area contributed by atoms with Gasteiger partial charge in [0, 0.05) is 6.04 Å². The van der Waals surface area contributed by atoms with Gasteiger partial charge < -0.3 is 15.8 Å². The summed E-state index contributed by atoms with van der Waals surface area (Å²) in [5, 5.41) is 13.1. The van der Waals surface area contributed by atoms with Crippen molar-refractivity contribution in [2.45, 2.75) is 45.6 Å². The molecule has 3 N–H and O–H groups in total. The van der Waals surface area contributed by atoms with Crippen LogP contribution in [0.4, 0.5) is 10.1 Å². The Hall–Kier alpha value is -3.44. The van der Waals surface area contributed by atoms with Crippen molar-refractivity contribution in [1.82, 2.24) is 14.9 Å². The Morgan fingerprint density at radius 1 is 1.24 bits per heavy atom. The van der Waals surface area contributed by atoms with Crippen LogP contribution in [0.1, 0.15) is 51.1 Å². The van der Waals surface area contributed by atoms with Crippen molar-refractivity contribution in [3.63, 3.8) is 0 Å². The molecule has 1 aliphatic carbocycles. The lowest BCUT2D eigenvalue weighted by Gasteiger charge is -2.50. The fourth-order valence-corrected chi connectivity index (χ4v) is 4.85. The molecule has 0 amide bonds. The molecule has 0 atom stereocenters. The third-order valence-corrected chi connectivity index (χ3v) is 6.62. The van der Waals surface area contributed by atoms with Gasteiger partial charge in [0.25, 0.3) is 5.56 Å². The molecule has 8 heteroatoms. The first kappa shape index (κ1) is 22.7. The van der Waals surface area contributed by atoms with Gasteiger partial charge in [-0.1, -0.05) is 13.8 Å². The zero-order chi connectivity index (χ0) is 23.6. The number of nitriles is 1. The Kier molecular flexibility index (Phi) is 6.34. The molecular formula is C25H28FN5O2. The van der Waals surface area contributed by atoms with Crippen LogP contribution in [0.25, 0.3) is 10.9 Å². The monoisotopic (exact) mass is 449 g/mol. The van der Waals surface area contributed by atoms with Crippen LogP contribution in [-0.4, -0.2) is 22.6 Å². The van der Waals surface area contributed by atoms with Gasteiger partial charge in [0.05, 0.1) is 22.9 Å². The summed E-state index contributed by atoms with van der Waals surface area (Å²) in [6, 6.07) is 9.27. The SMILES string of the molecule is CC.N#Cc1c(N)ccc(F)c1Oc1ccc2ncn(C3CC4(CCNCC4)C3)c(=O)c2c1. The number of hydrogen-bond donors (Lipinski definition) is 2. The zero-order valence-corrected chi connectivity index (χ0v) is 18.9. The molecule has 33 heavy (non-hydrogen) atoms. The van der Waals surface area contributed by atoms with Crippen LogP contribution < -0.4 is 21.3 Å². The average Bonchev–Trinajstić information content (AvgIpc) is 2.82. The first-order chi connectivity index (χ1) is 16.0. The largest absolute Gasteiger partial charge is 0.453 e. The van der Waals surface area contributed by atoms with E-state index in [2.05, 4.69) is 10.3 Å². The van der Waals surface area contributed by atoms with Gasteiger partial charge in [-0.15, -0.1) is 0 Å². The number of rotatable bonds is 3. The van der Waals surface area contributed by atoms with Crippen LogP contribution in [0.15, 0.2) is 41.5 Å². The number of nitrogen functional groups attached to an aromatic ring is 1. The van der Waals surface area contributed by atoms with E-state index in [1.807, 2.05) is 19.9 Å². The maximum atomic E-state index is 14.3. The number of anilines is 1. The van der Waals surface area contributed by atoms with Gasteiger partial charge >= 0.3 is 0 Å². The molecule has 2 heterocycles. The van der Waals surface area contributed by atoms with Crippen molar-refractivity contribution in [2.75, 3.05) is 18.8 Å². The molecule has 1 aliphatic heterocycles. The van der Waals surface area contributed by atoms with Crippen molar-refractivity contribution < 1.29 is 9.13 Å². The fraction of sp³-hybridized carbons (Fsp3) is 0.400. The molecule has 5 rings (SSSR count). The summed E-state index contributed by atoms with van der Waals surface area (Å²) in [7, 11) is 0. The van der Waals surface area contributed by atoms with E-state index in [0.29, 0.717) is 16.3 Å². The fourth-order valence-electron chi connectivity index (χ4n) is 4.85. The smallest absolute Gasteiger partial charge is 0.261 e. The highest BCUT2D eigenvalue weighted by molar-refractivity contribution is 5.79. The maximum absolute atomic E-state index is 14.3. The van der Waals surface area contributed by atoms with Crippen LogP contribution >= 0.6 is 0 Å². The number of fused-ring (bicyclic) bond motifs is 1. The Balaban J connectivity index is 0.00000126. The lowest BCUT2D eigenvalue weighted by molar-refractivity contribution is 0.0270. The quantitative estimate of drug-likeness (QED) is 0.570. The predicted molar refractivity (Wildman–Crippen MR) is 126 cm³/mol. The Morgan fingerprint density at radius 3 is 2.67 bits per heavy atom. The highest BCUT2D eigenvalue weighted by Crippen LogP contribution is 2.53. The molecule has 2 aliphatic rings. The van der Waals surface area contributed by atoms with Crippen molar-refractivity contribution in [2.24, 2.45) is 5.41 Å². The summed E-state index contributed by atoms with van der Waals surface area (Å²) in [4.78, 5) is 17.6. The van der Waals surface area contributed by atoms with Crippen molar-refractivity contribution >= 4 is 16.6 Å². The highest BCUT2D eigenvalue weighted by atomic mass is 19.1. The number of halogens is 1. The average molecular weight is 450 g/mol. The zero-order valence-electron chi connectivity index (χ0n) is 18.9. The van der Waals surface area contributed by atoms with E-state index < -0.39 is 5.82 Å². The van der Waals surface area contributed by atoms with Gasteiger partial charge in [-0.3, -0.25) is 9.36 Å². The second-order valence-electron chi connectivity index (χ2n) is 8.50. The number of aromatic nitrogens is 2. The maximum Gasteiger partial charge on any atom is 0.261 e. The van der Waals surface area contributed by atoms with E-state index in [1.54, 1.807) is 29.1 Å².